The Morgan fingerprint density at radius 3 is 2.95 bits per heavy atom. The van der Waals surface area contributed by atoms with E-state index in [1.54, 1.807) is 12.1 Å². The van der Waals surface area contributed by atoms with Crippen LogP contribution in [0.2, 0.25) is 0 Å². The van der Waals surface area contributed by atoms with E-state index in [1.165, 1.54) is 18.4 Å². The Kier molecular flexibility index (Phi) is 5.34. The van der Waals surface area contributed by atoms with Crippen molar-refractivity contribution in [1.82, 2.24) is 5.32 Å². The van der Waals surface area contributed by atoms with Crippen molar-refractivity contribution < 1.29 is 9.13 Å². The van der Waals surface area contributed by atoms with Crippen LogP contribution in [0.1, 0.15) is 37.3 Å². The van der Waals surface area contributed by atoms with Gasteiger partial charge in [-0.2, -0.15) is 0 Å². The fourth-order valence-electron chi connectivity index (χ4n) is 2.83. The molecular formula is C16H24FNO. The molecule has 3 heteroatoms. The summed E-state index contributed by atoms with van der Waals surface area (Å²) in [5.41, 5.74) is 2.26. The van der Waals surface area contributed by atoms with Gasteiger partial charge in [-0.25, -0.2) is 4.39 Å². The van der Waals surface area contributed by atoms with Crippen molar-refractivity contribution in [3.8, 4) is 0 Å². The van der Waals surface area contributed by atoms with Gasteiger partial charge >= 0.3 is 0 Å². The number of ether oxygens (including phenoxy) is 1. The minimum atomic E-state index is -0.152. The van der Waals surface area contributed by atoms with Crippen LogP contribution in [0.4, 0.5) is 4.39 Å². The molecule has 0 bridgehead atoms. The van der Waals surface area contributed by atoms with E-state index in [0.29, 0.717) is 12.1 Å². The van der Waals surface area contributed by atoms with Gasteiger partial charge in [0.25, 0.3) is 0 Å². The lowest BCUT2D eigenvalue weighted by Gasteiger charge is -2.22. The predicted molar refractivity (Wildman–Crippen MR) is 75.9 cm³/mol. The summed E-state index contributed by atoms with van der Waals surface area (Å²) in [7, 11) is 0. The summed E-state index contributed by atoms with van der Waals surface area (Å²) in [5.74, 6) is -0.152. The number of benzene rings is 1. The molecule has 1 saturated heterocycles. The number of halogens is 1. The summed E-state index contributed by atoms with van der Waals surface area (Å²) in [5, 5.41) is 3.53. The number of nitrogens with one attached hydrogen (secondary N) is 1. The quantitative estimate of drug-likeness (QED) is 0.852. The maximum atomic E-state index is 13.1. The van der Waals surface area contributed by atoms with E-state index in [0.717, 1.165) is 31.6 Å². The minimum Gasteiger partial charge on any atom is -0.378 e. The third kappa shape index (κ3) is 4.29. The average Bonchev–Trinajstić information content (AvgIpc) is 2.86. The summed E-state index contributed by atoms with van der Waals surface area (Å²) in [6.45, 7) is 5.96. The molecule has 0 spiro atoms. The van der Waals surface area contributed by atoms with Gasteiger partial charge in [0.2, 0.25) is 0 Å². The highest BCUT2D eigenvalue weighted by molar-refractivity contribution is 5.27. The molecule has 1 aliphatic rings. The van der Waals surface area contributed by atoms with E-state index in [2.05, 4.69) is 12.2 Å². The number of hydrogen-bond acceptors (Lipinski definition) is 2. The first-order valence-electron chi connectivity index (χ1n) is 7.29. The predicted octanol–water partition coefficient (Wildman–Crippen LogP) is 3.22. The van der Waals surface area contributed by atoms with Gasteiger partial charge in [0.1, 0.15) is 5.82 Å². The zero-order valence-corrected chi connectivity index (χ0v) is 11.9. The second-order valence-electron chi connectivity index (χ2n) is 5.40. The van der Waals surface area contributed by atoms with Gasteiger partial charge in [-0.05, 0) is 62.4 Å². The van der Waals surface area contributed by atoms with Crippen molar-refractivity contribution in [2.45, 2.75) is 51.7 Å². The molecule has 106 valence electrons. The number of hydrogen-bond donors (Lipinski definition) is 1. The van der Waals surface area contributed by atoms with Crippen molar-refractivity contribution in [3.63, 3.8) is 0 Å². The molecular weight excluding hydrogens is 241 g/mol. The number of rotatable bonds is 6. The van der Waals surface area contributed by atoms with Crippen molar-refractivity contribution in [2.24, 2.45) is 0 Å². The molecule has 1 aromatic carbocycles. The smallest absolute Gasteiger partial charge is 0.123 e. The molecule has 2 unspecified atom stereocenters. The van der Waals surface area contributed by atoms with Crippen molar-refractivity contribution in [3.05, 3.63) is 35.1 Å². The molecule has 0 amide bonds. The monoisotopic (exact) mass is 265 g/mol. The molecule has 1 heterocycles. The Hall–Kier alpha value is -0.930. The van der Waals surface area contributed by atoms with E-state index in [1.807, 2.05) is 13.0 Å². The molecule has 1 aromatic rings. The highest BCUT2D eigenvalue weighted by atomic mass is 19.1. The lowest BCUT2D eigenvalue weighted by Crippen LogP contribution is -2.34. The fraction of sp³-hybridized carbons (Fsp3) is 0.625. The highest BCUT2D eigenvalue weighted by Crippen LogP contribution is 2.20. The van der Waals surface area contributed by atoms with Crippen LogP contribution in [0.15, 0.2) is 18.2 Å². The lowest BCUT2D eigenvalue weighted by molar-refractivity contribution is 0.0947. The van der Waals surface area contributed by atoms with Crippen molar-refractivity contribution in [2.75, 3.05) is 13.2 Å². The van der Waals surface area contributed by atoms with Crippen LogP contribution in [0.3, 0.4) is 0 Å². The number of aryl methyl sites for hydroxylation is 1. The van der Waals surface area contributed by atoms with Gasteiger partial charge in [0.05, 0.1) is 6.10 Å². The SMILES string of the molecule is CCNC(Cc1ccc(F)cc1C)CC1CCCO1. The van der Waals surface area contributed by atoms with Crippen LogP contribution in [0.25, 0.3) is 0 Å². The topological polar surface area (TPSA) is 21.3 Å². The molecule has 2 atom stereocenters. The largest absolute Gasteiger partial charge is 0.378 e. The van der Waals surface area contributed by atoms with Crippen LogP contribution in [0, 0.1) is 12.7 Å². The van der Waals surface area contributed by atoms with Crippen LogP contribution in [0.5, 0.6) is 0 Å². The standard InChI is InChI=1S/C16H24FNO/c1-3-18-15(11-16-5-4-8-19-16)10-13-6-7-14(17)9-12(13)2/h6-7,9,15-16,18H,3-5,8,10-11H2,1-2H3. The molecule has 0 aromatic heterocycles. The van der Waals surface area contributed by atoms with Crippen LogP contribution in [-0.4, -0.2) is 25.3 Å². The first kappa shape index (κ1) is 14.5. The van der Waals surface area contributed by atoms with Gasteiger partial charge in [0, 0.05) is 12.6 Å². The summed E-state index contributed by atoms with van der Waals surface area (Å²) >= 11 is 0. The second-order valence-corrected chi connectivity index (χ2v) is 5.40. The molecule has 2 rings (SSSR count). The van der Waals surface area contributed by atoms with E-state index >= 15 is 0 Å². The zero-order chi connectivity index (χ0) is 13.7. The molecule has 0 aliphatic carbocycles. The fourth-order valence-corrected chi connectivity index (χ4v) is 2.83. The Morgan fingerprint density at radius 2 is 2.32 bits per heavy atom. The van der Waals surface area contributed by atoms with Crippen LogP contribution < -0.4 is 5.32 Å². The molecule has 0 radical (unpaired) electrons. The first-order chi connectivity index (χ1) is 9.19. The second kappa shape index (κ2) is 7.01. The summed E-state index contributed by atoms with van der Waals surface area (Å²) in [4.78, 5) is 0. The molecule has 0 saturated carbocycles. The van der Waals surface area contributed by atoms with Crippen molar-refractivity contribution in [1.29, 1.82) is 0 Å². The van der Waals surface area contributed by atoms with Gasteiger partial charge in [-0.1, -0.05) is 13.0 Å². The normalized spacial score (nSPS) is 20.7. The van der Waals surface area contributed by atoms with Gasteiger partial charge in [-0.15, -0.1) is 0 Å². The molecule has 2 nitrogen and oxygen atoms in total. The van der Waals surface area contributed by atoms with Gasteiger partial charge in [0.15, 0.2) is 0 Å². The Labute approximate surface area is 115 Å². The molecule has 19 heavy (non-hydrogen) atoms. The third-order valence-electron chi connectivity index (χ3n) is 3.84. The third-order valence-corrected chi connectivity index (χ3v) is 3.84. The van der Waals surface area contributed by atoms with Crippen LogP contribution >= 0.6 is 0 Å². The molecule has 1 fully saturated rings. The maximum Gasteiger partial charge on any atom is 0.123 e. The van der Waals surface area contributed by atoms with E-state index in [9.17, 15) is 4.39 Å². The minimum absolute atomic E-state index is 0.152. The molecule has 1 N–H and O–H groups in total. The van der Waals surface area contributed by atoms with Crippen LogP contribution in [-0.2, 0) is 11.2 Å². The number of likely N-dealkylation sites (N-methyl/N-ethyl adjacent to an activating group) is 1. The van der Waals surface area contributed by atoms with E-state index in [-0.39, 0.29) is 5.82 Å². The van der Waals surface area contributed by atoms with Gasteiger partial charge < -0.3 is 10.1 Å². The summed E-state index contributed by atoms with van der Waals surface area (Å²) in [6.07, 6.45) is 4.73. The van der Waals surface area contributed by atoms with Gasteiger partial charge in [-0.3, -0.25) is 0 Å². The van der Waals surface area contributed by atoms with E-state index in [4.69, 9.17) is 4.74 Å². The molecule has 1 aliphatic heterocycles. The zero-order valence-electron chi connectivity index (χ0n) is 11.9. The van der Waals surface area contributed by atoms with E-state index < -0.39 is 0 Å². The Morgan fingerprint density at radius 1 is 1.47 bits per heavy atom. The average molecular weight is 265 g/mol. The Bertz CT molecular complexity index is 402. The maximum absolute atomic E-state index is 13.1. The lowest BCUT2D eigenvalue weighted by atomic mass is 9.96. The summed E-state index contributed by atoms with van der Waals surface area (Å²) in [6, 6.07) is 5.49. The highest BCUT2D eigenvalue weighted by Gasteiger charge is 2.21. The Balaban J connectivity index is 1.98. The summed E-state index contributed by atoms with van der Waals surface area (Å²) < 4.78 is 18.8. The van der Waals surface area contributed by atoms with Crippen molar-refractivity contribution >= 4 is 0 Å². The first-order valence-corrected chi connectivity index (χ1v) is 7.29.